The van der Waals surface area contributed by atoms with Gasteiger partial charge in [-0.1, -0.05) is 39.8 Å². The molecule has 94 valence electrons. The molecule has 0 spiro atoms. The molecule has 3 nitrogen and oxygen atoms in total. The number of Topliss-reactive ketones (excluding diaryl/α,β-unsaturated/α-hetero) is 1. The van der Waals surface area contributed by atoms with Gasteiger partial charge in [-0.2, -0.15) is 5.10 Å². The molecule has 1 aromatic carbocycles. The van der Waals surface area contributed by atoms with Crippen molar-refractivity contribution >= 4 is 33.5 Å². The number of carbonyl (C=O) groups excluding carboxylic acids is 1. The monoisotopic (exact) mass is 324 g/mol. The lowest BCUT2D eigenvalue weighted by Crippen LogP contribution is -2.03. The van der Waals surface area contributed by atoms with Gasteiger partial charge in [0.15, 0.2) is 5.78 Å². The zero-order chi connectivity index (χ0) is 13.1. The van der Waals surface area contributed by atoms with Crippen LogP contribution in [0.5, 0.6) is 0 Å². The van der Waals surface area contributed by atoms with Gasteiger partial charge < -0.3 is 0 Å². The number of rotatable bonds is 4. The van der Waals surface area contributed by atoms with Crippen molar-refractivity contribution in [3.63, 3.8) is 0 Å². The largest absolute Gasteiger partial charge is 0.293 e. The van der Waals surface area contributed by atoms with Crippen LogP contribution in [0.3, 0.4) is 0 Å². The molecule has 5 heteroatoms. The topological polar surface area (TPSA) is 34.9 Å². The number of halogens is 1. The van der Waals surface area contributed by atoms with E-state index in [0.29, 0.717) is 5.75 Å². The fourth-order valence-electron chi connectivity index (χ4n) is 1.58. The van der Waals surface area contributed by atoms with Gasteiger partial charge in [-0.05, 0) is 25.1 Å². The molecule has 0 aliphatic heterocycles. The van der Waals surface area contributed by atoms with Crippen LogP contribution in [-0.4, -0.2) is 21.3 Å². The summed E-state index contributed by atoms with van der Waals surface area (Å²) in [5.41, 5.74) is 1.71. The highest BCUT2D eigenvalue weighted by atomic mass is 79.9. The molecule has 0 saturated heterocycles. The normalized spacial score (nSPS) is 10.6. The van der Waals surface area contributed by atoms with Gasteiger partial charge in [-0.15, -0.1) is 0 Å². The Morgan fingerprint density at radius 1 is 1.39 bits per heavy atom. The number of hydrogen-bond donors (Lipinski definition) is 0. The van der Waals surface area contributed by atoms with Crippen LogP contribution in [-0.2, 0) is 7.05 Å². The first kappa shape index (κ1) is 13.4. The van der Waals surface area contributed by atoms with Gasteiger partial charge in [-0.25, -0.2) is 0 Å². The molecule has 1 aromatic heterocycles. The van der Waals surface area contributed by atoms with E-state index < -0.39 is 0 Å². The van der Waals surface area contributed by atoms with Crippen LogP contribution in [0.2, 0.25) is 0 Å². The lowest BCUT2D eigenvalue weighted by molar-refractivity contribution is 0.102. The highest BCUT2D eigenvalue weighted by Crippen LogP contribution is 2.20. The van der Waals surface area contributed by atoms with Gasteiger partial charge in [-0.3, -0.25) is 9.48 Å². The zero-order valence-corrected chi connectivity index (χ0v) is 12.6. The maximum absolute atomic E-state index is 12.0. The molecule has 0 fully saturated rings. The van der Waals surface area contributed by atoms with Crippen LogP contribution < -0.4 is 0 Å². The van der Waals surface area contributed by atoms with Crippen LogP contribution in [0, 0.1) is 6.92 Å². The summed E-state index contributed by atoms with van der Waals surface area (Å²) in [7, 11) is 1.89. The second kappa shape index (κ2) is 5.71. The first-order chi connectivity index (χ1) is 8.56. The van der Waals surface area contributed by atoms with Crippen molar-refractivity contribution in [1.82, 2.24) is 9.78 Å². The molecule has 2 rings (SSSR count). The van der Waals surface area contributed by atoms with E-state index in [1.54, 1.807) is 4.68 Å². The highest BCUT2D eigenvalue weighted by molar-refractivity contribution is 9.10. The van der Waals surface area contributed by atoms with Crippen molar-refractivity contribution in [1.29, 1.82) is 0 Å². The summed E-state index contributed by atoms with van der Waals surface area (Å²) in [5.74, 6) is 0.562. The molecular formula is C13H13BrN2OS. The Hall–Kier alpha value is -1.07. The molecule has 0 saturated carbocycles. The third-order valence-electron chi connectivity index (χ3n) is 2.48. The van der Waals surface area contributed by atoms with Crippen molar-refractivity contribution in [2.75, 3.05) is 5.75 Å². The lowest BCUT2D eigenvalue weighted by Gasteiger charge is -2.02. The SMILES string of the molecule is Cc1cc(SCC(=O)c2ccc(Br)cc2)n(C)n1. The number of hydrogen-bond acceptors (Lipinski definition) is 3. The Morgan fingerprint density at radius 2 is 2.06 bits per heavy atom. The Morgan fingerprint density at radius 3 is 2.61 bits per heavy atom. The first-order valence-electron chi connectivity index (χ1n) is 5.48. The quantitative estimate of drug-likeness (QED) is 0.638. The molecule has 0 unspecified atom stereocenters. The summed E-state index contributed by atoms with van der Waals surface area (Å²) < 4.78 is 2.78. The number of carbonyl (C=O) groups is 1. The highest BCUT2D eigenvalue weighted by Gasteiger charge is 2.09. The van der Waals surface area contributed by atoms with Gasteiger partial charge >= 0.3 is 0 Å². The van der Waals surface area contributed by atoms with Gasteiger partial charge in [0.1, 0.15) is 0 Å². The standard InChI is InChI=1S/C13H13BrN2OS/c1-9-7-13(16(2)15-9)18-8-12(17)10-3-5-11(14)6-4-10/h3-7H,8H2,1-2H3. The summed E-state index contributed by atoms with van der Waals surface area (Å²) in [6.07, 6.45) is 0. The minimum atomic E-state index is 0.131. The van der Waals surface area contributed by atoms with E-state index >= 15 is 0 Å². The second-order valence-electron chi connectivity index (χ2n) is 3.97. The zero-order valence-electron chi connectivity index (χ0n) is 10.2. The van der Waals surface area contributed by atoms with E-state index in [9.17, 15) is 4.79 Å². The van der Waals surface area contributed by atoms with Gasteiger partial charge in [0.2, 0.25) is 0 Å². The average molecular weight is 325 g/mol. The van der Waals surface area contributed by atoms with Crippen LogP contribution in [0.1, 0.15) is 16.1 Å². The molecule has 0 amide bonds. The summed E-state index contributed by atoms with van der Waals surface area (Å²) in [4.78, 5) is 12.0. The van der Waals surface area contributed by atoms with Crippen molar-refractivity contribution in [3.05, 3.63) is 46.1 Å². The van der Waals surface area contributed by atoms with Crippen molar-refractivity contribution in [3.8, 4) is 0 Å². The number of benzene rings is 1. The summed E-state index contributed by atoms with van der Waals surface area (Å²) in [5, 5.41) is 5.26. The van der Waals surface area contributed by atoms with E-state index in [-0.39, 0.29) is 5.78 Å². The molecule has 0 radical (unpaired) electrons. The molecule has 1 heterocycles. The molecule has 0 bridgehead atoms. The molecule has 0 atom stereocenters. The van der Waals surface area contributed by atoms with Crippen LogP contribution in [0.25, 0.3) is 0 Å². The minimum absolute atomic E-state index is 0.131. The fraction of sp³-hybridized carbons (Fsp3) is 0.231. The molecular weight excluding hydrogens is 312 g/mol. The predicted molar refractivity (Wildman–Crippen MR) is 77.1 cm³/mol. The predicted octanol–water partition coefficient (Wildman–Crippen LogP) is 3.47. The molecule has 0 N–H and O–H groups in total. The van der Waals surface area contributed by atoms with Crippen LogP contribution >= 0.6 is 27.7 Å². The Bertz CT molecular complexity index is 563. The molecule has 18 heavy (non-hydrogen) atoms. The number of aryl methyl sites for hydroxylation is 2. The summed E-state index contributed by atoms with van der Waals surface area (Å²) in [6.45, 7) is 1.95. The average Bonchev–Trinajstić information content (AvgIpc) is 2.66. The van der Waals surface area contributed by atoms with E-state index in [1.807, 2.05) is 44.3 Å². The smallest absolute Gasteiger partial charge is 0.173 e. The Labute approximate surface area is 119 Å². The minimum Gasteiger partial charge on any atom is -0.293 e. The van der Waals surface area contributed by atoms with Gasteiger partial charge in [0, 0.05) is 17.1 Å². The number of ketones is 1. The van der Waals surface area contributed by atoms with E-state index in [4.69, 9.17) is 0 Å². The third kappa shape index (κ3) is 3.23. The number of thioether (sulfide) groups is 1. The fourth-order valence-corrected chi connectivity index (χ4v) is 2.77. The van der Waals surface area contributed by atoms with E-state index in [1.165, 1.54) is 11.8 Å². The van der Waals surface area contributed by atoms with Crippen molar-refractivity contribution in [2.45, 2.75) is 11.9 Å². The van der Waals surface area contributed by atoms with E-state index in [2.05, 4.69) is 21.0 Å². The van der Waals surface area contributed by atoms with Crippen molar-refractivity contribution < 1.29 is 4.79 Å². The van der Waals surface area contributed by atoms with Crippen LogP contribution in [0.4, 0.5) is 0 Å². The summed E-state index contributed by atoms with van der Waals surface area (Å²) in [6, 6.07) is 9.42. The molecule has 2 aromatic rings. The van der Waals surface area contributed by atoms with E-state index in [0.717, 1.165) is 20.8 Å². The molecule has 0 aliphatic rings. The maximum atomic E-state index is 12.0. The Kier molecular flexibility index (Phi) is 4.24. The maximum Gasteiger partial charge on any atom is 0.173 e. The van der Waals surface area contributed by atoms with Crippen molar-refractivity contribution in [2.24, 2.45) is 7.05 Å². The van der Waals surface area contributed by atoms with Gasteiger partial charge in [0.25, 0.3) is 0 Å². The first-order valence-corrected chi connectivity index (χ1v) is 7.26. The van der Waals surface area contributed by atoms with Gasteiger partial charge in [0.05, 0.1) is 16.5 Å². The second-order valence-corrected chi connectivity index (χ2v) is 5.88. The molecule has 0 aliphatic carbocycles. The third-order valence-corrected chi connectivity index (χ3v) is 4.09. The van der Waals surface area contributed by atoms with Crippen LogP contribution in [0.15, 0.2) is 39.8 Å². The Balaban J connectivity index is 2.00. The number of aromatic nitrogens is 2. The number of nitrogens with zero attached hydrogens (tertiary/aromatic N) is 2. The summed E-state index contributed by atoms with van der Waals surface area (Å²) >= 11 is 4.87. The lowest BCUT2D eigenvalue weighted by atomic mass is 10.2.